The van der Waals surface area contributed by atoms with E-state index in [4.69, 9.17) is 16.0 Å². The molecule has 0 aliphatic carbocycles. The largest absolute Gasteiger partial charge is 0.458 e. The van der Waals surface area contributed by atoms with Crippen LogP contribution in [0.15, 0.2) is 22.6 Å². The maximum atomic E-state index is 5.85. The second-order valence-corrected chi connectivity index (χ2v) is 4.69. The summed E-state index contributed by atoms with van der Waals surface area (Å²) in [5.41, 5.74) is 1.67. The van der Waals surface area contributed by atoms with Gasteiger partial charge in [0, 0.05) is 6.07 Å². The number of fused-ring (bicyclic) bond motifs is 1. The van der Waals surface area contributed by atoms with Crippen LogP contribution in [-0.4, -0.2) is 23.5 Å². The molecule has 2 aromatic rings. The zero-order valence-electron chi connectivity index (χ0n) is 9.52. The van der Waals surface area contributed by atoms with Gasteiger partial charge in [-0.1, -0.05) is 11.6 Å². The van der Waals surface area contributed by atoms with Crippen LogP contribution in [0.4, 0.5) is 0 Å². The third kappa shape index (κ3) is 2.28. The zero-order chi connectivity index (χ0) is 11.1. The summed E-state index contributed by atoms with van der Waals surface area (Å²) < 4.78 is 5.81. The number of rotatable bonds is 1. The van der Waals surface area contributed by atoms with E-state index in [0.717, 1.165) is 29.8 Å². The first-order valence-corrected chi connectivity index (χ1v) is 5.88. The van der Waals surface area contributed by atoms with E-state index in [0.29, 0.717) is 11.2 Å². The number of aromatic nitrogens is 1. The third-order valence-corrected chi connectivity index (χ3v) is 3.42. The number of hydrogen-bond donors (Lipinski definition) is 0. The molecule has 1 saturated heterocycles. The van der Waals surface area contributed by atoms with E-state index < -0.39 is 0 Å². The van der Waals surface area contributed by atoms with E-state index >= 15 is 0 Å². The Hall–Kier alpha value is -0.770. The maximum Gasteiger partial charge on any atom is 0.152 e. The van der Waals surface area contributed by atoms with Gasteiger partial charge in [-0.2, -0.15) is 0 Å². The van der Waals surface area contributed by atoms with Gasteiger partial charge in [-0.25, -0.2) is 4.98 Å². The van der Waals surface area contributed by atoms with E-state index in [-0.39, 0.29) is 12.4 Å². The van der Waals surface area contributed by atoms with E-state index in [9.17, 15) is 0 Å². The van der Waals surface area contributed by atoms with Crippen LogP contribution < -0.4 is 0 Å². The molecule has 0 aromatic carbocycles. The molecule has 1 fully saturated rings. The summed E-state index contributed by atoms with van der Waals surface area (Å²) in [6.07, 6.45) is 2.39. The highest BCUT2D eigenvalue weighted by atomic mass is 35.5. The normalized spacial score (nSPS) is 20.7. The van der Waals surface area contributed by atoms with Crippen molar-refractivity contribution < 1.29 is 4.42 Å². The van der Waals surface area contributed by atoms with Crippen LogP contribution in [0.5, 0.6) is 0 Å². The Balaban J connectivity index is 0.00000108. The van der Waals surface area contributed by atoms with Gasteiger partial charge in [0.1, 0.15) is 16.4 Å². The Kier molecular flexibility index (Phi) is 3.61. The molecule has 0 bridgehead atoms. The topological polar surface area (TPSA) is 29.3 Å². The van der Waals surface area contributed by atoms with E-state index in [1.54, 1.807) is 6.07 Å². The molecule has 3 rings (SSSR count). The van der Waals surface area contributed by atoms with Gasteiger partial charge in [-0.3, -0.25) is 4.90 Å². The smallest absolute Gasteiger partial charge is 0.152 e. The standard InChI is InChI=1S/C12H13ClN2O.ClH/c1-15-6-2-3-9(15)11-7-8-10(16-11)4-5-12(13)14-8;/h4-5,7,9H,2-3,6H2,1H3;1H/t9-;/m1./s1. The molecule has 5 heteroatoms. The molecule has 3 nitrogen and oxygen atoms in total. The van der Waals surface area contributed by atoms with Crippen LogP contribution >= 0.6 is 24.0 Å². The first-order chi connectivity index (χ1) is 7.74. The van der Waals surface area contributed by atoms with Crippen LogP contribution in [0.2, 0.25) is 5.15 Å². The molecule has 17 heavy (non-hydrogen) atoms. The zero-order valence-corrected chi connectivity index (χ0v) is 11.1. The van der Waals surface area contributed by atoms with Crippen molar-refractivity contribution in [2.24, 2.45) is 0 Å². The lowest BCUT2D eigenvalue weighted by Gasteiger charge is -2.16. The molecular formula is C12H14Cl2N2O. The lowest BCUT2D eigenvalue weighted by Crippen LogP contribution is -2.16. The molecule has 92 valence electrons. The highest BCUT2D eigenvalue weighted by Crippen LogP contribution is 2.33. The Labute approximate surface area is 111 Å². The van der Waals surface area contributed by atoms with Gasteiger partial charge >= 0.3 is 0 Å². The lowest BCUT2D eigenvalue weighted by molar-refractivity contribution is 0.281. The monoisotopic (exact) mass is 272 g/mol. The predicted molar refractivity (Wildman–Crippen MR) is 70.9 cm³/mol. The van der Waals surface area contributed by atoms with Crippen molar-refractivity contribution in [1.82, 2.24) is 9.88 Å². The number of pyridine rings is 1. The maximum absolute atomic E-state index is 5.85. The average molecular weight is 273 g/mol. The molecule has 0 unspecified atom stereocenters. The first kappa shape index (κ1) is 12.7. The summed E-state index contributed by atoms with van der Waals surface area (Å²) in [4.78, 5) is 6.56. The molecule has 0 N–H and O–H groups in total. The van der Waals surface area contributed by atoms with Crippen LogP contribution in [-0.2, 0) is 0 Å². The van der Waals surface area contributed by atoms with Crippen LogP contribution in [0, 0.1) is 0 Å². The summed E-state index contributed by atoms with van der Waals surface area (Å²) in [6, 6.07) is 6.04. The van der Waals surface area contributed by atoms with E-state index in [2.05, 4.69) is 16.9 Å². The lowest BCUT2D eigenvalue weighted by atomic mass is 10.2. The van der Waals surface area contributed by atoms with Gasteiger partial charge in [0.2, 0.25) is 0 Å². The van der Waals surface area contributed by atoms with Crippen molar-refractivity contribution in [3.8, 4) is 0 Å². The highest BCUT2D eigenvalue weighted by molar-refractivity contribution is 6.29. The predicted octanol–water partition coefficient (Wildman–Crippen LogP) is 3.67. The van der Waals surface area contributed by atoms with Gasteiger partial charge in [0.25, 0.3) is 0 Å². The second kappa shape index (κ2) is 4.84. The molecule has 1 aliphatic heterocycles. The first-order valence-electron chi connectivity index (χ1n) is 5.50. The Morgan fingerprint density at radius 3 is 3.00 bits per heavy atom. The summed E-state index contributed by atoms with van der Waals surface area (Å²) in [6.45, 7) is 1.13. The Bertz CT molecular complexity index is 526. The van der Waals surface area contributed by atoms with Gasteiger partial charge < -0.3 is 4.42 Å². The molecular weight excluding hydrogens is 259 g/mol. The average Bonchev–Trinajstić information content (AvgIpc) is 2.82. The van der Waals surface area contributed by atoms with Crippen LogP contribution in [0.25, 0.3) is 11.1 Å². The third-order valence-electron chi connectivity index (χ3n) is 3.21. The SMILES string of the molecule is CN1CCC[C@@H]1c1cc2nc(Cl)ccc2o1.Cl. The fourth-order valence-electron chi connectivity index (χ4n) is 2.35. The fourth-order valence-corrected chi connectivity index (χ4v) is 2.51. The molecule has 0 radical (unpaired) electrons. The number of hydrogen-bond acceptors (Lipinski definition) is 3. The quantitative estimate of drug-likeness (QED) is 0.742. The highest BCUT2D eigenvalue weighted by Gasteiger charge is 2.25. The number of halogens is 2. The second-order valence-electron chi connectivity index (χ2n) is 4.30. The summed E-state index contributed by atoms with van der Waals surface area (Å²) in [5, 5.41) is 0.514. The van der Waals surface area contributed by atoms with Gasteiger partial charge in [0.05, 0.1) is 6.04 Å². The Morgan fingerprint density at radius 1 is 1.47 bits per heavy atom. The molecule has 2 aromatic heterocycles. The van der Waals surface area contributed by atoms with Gasteiger partial charge in [0.15, 0.2) is 5.58 Å². The fraction of sp³-hybridized carbons (Fsp3) is 0.417. The number of nitrogens with zero attached hydrogens (tertiary/aromatic N) is 2. The minimum atomic E-state index is 0. The molecule has 1 aliphatic rings. The van der Waals surface area contributed by atoms with Crippen LogP contribution in [0.1, 0.15) is 24.6 Å². The van der Waals surface area contributed by atoms with Gasteiger partial charge in [-0.15, -0.1) is 12.4 Å². The number of likely N-dealkylation sites (tertiary alicyclic amines) is 1. The number of furan rings is 1. The van der Waals surface area contributed by atoms with Crippen LogP contribution in [0.3, 0.4) is 0 Å². The summed E-state index contributed by atoms with van der Waals surface area (Å²) in [7, 11) is 2.13. The van der Waals surface area contributed by atoms with Crippen molar-refractivity contribution >= 4 is 35.1 Å². The van der Waals surface area contributed by atoms with E-state index in [1.165, 1.54) is 6.42 Å². The van der Waals surface area contributed by atoms with Gasteiger partial charge in [-0.05, 0) is 38.6 Å². The van der Waals surface area contributed by atoms with Crippen molar-refractivity contribution in [3.63, 3.8) is 0 Å². The van der Waals surface area contributed by atoms with Crippen molar-refractivity contribution in [1.29, 1.82) is 0 Å². The van der Waals surface area contributed by atoms with Crippen molar-refractivity contribution in [2.75, 3.05) is 13.6 Å². The summed E-state index contributed by atoms with van der Waals surface area (Å²) >= 11 is 5.85. The minimum Gasteiger partial charge on any atom is -0.458 e. The summed E-state index contributed by atoms with van der Waals surface area (Å²) in [5.74, 6) is 1.00. The molecule has 3 heterocycles. The molecule has 0 saturated carbocycles. The molecule has 1 atom stereocenters. The Morgan fingerprint density at radius 2 is 2.29 bits per heavy atom. The van der Waals surface area contributed by atoms with Crippen molar-refractivity contribution in [2.45, 2.75) is 18.9 Å². The molecule has 0 amide bonds. The molecule has 0 spiro atoms. The van der Waals surface area contributed by atoms with E-state index in [1.807, 2.05) is 12.1 Å². The van der Waals surface area contributed by atoms with Crippen molar-refractivity contribution in [3.05, 3.63) is 29.1 Å². The minimum absolute atomic E-state index is 0.